The van der Waals surface area contributed by atoms with Crippen molar-refractivity contribution in [2.45, 2.75) is 25.9 Å². The molecule has 1 aliphatic heterocycles. The number of nitrogens with two attached hydrogens (primary N) is 1. The summed E-state index contributed by atoms with van der Waals surface area (Å²) in [7, 11) is 2.19. The van der Waals surface area contributed by atoms with Crippen LogP contribution in [0.1, 0.15) is 13.8 Å². The van der Waals surface area contributed by atoms with Gasteiger partial charge in [-0.3, -0.25) is 9.88 Å². The lowest BCUT2D eigenvalue weighted by Crippen LogP contribution is -2.55. The Kier molecular flexibility index (Phi) is 3.82. The van der Waals surface area contributed by atoms with Crippen molar-refractivity contribution < 1.29 is 0 Å². The van der Waals surface area contributed by atoms with Gasteiger partial charge in [0.2, 0.25) is 0 Å². The molecule has 2 N–H and O–H groups in total. The van der Waals surface area contributed by atoms with Crippen LogP contribution in [0.25, 0.3) is 11.1 Å². The minimum atomic E-state index is 0.513. The van der Waals surface area contributed by atoms with E-state index in [9.17, 15) is 0 Å². The van der Waals surface area contributed by atoms with Crippen LogP contribution in [0.2, 0.25) is 0 Å². The summed E-state index contributed by atoms with van der Waals surface area (Å²) in [5.41, 5.74) is 8.18. The Morgan fingerprint density at radius 3 is 2.62 bits per heavy atom. The lowest BCUT2D eigenvalue weighted by atomic mass is 10.1. The van der Waals surface area contributed by atoms with Gasteiger partial charge in [0.05, 0.1) is 5.56 Å². The molecule has 6 heteroatoms. The third kappa shape index (κ3) is 2.61. The lowest BCUT2D eigenvalue weighted by molar-refractivity contribution is 0.170. The highest BCUT2D eigenvalue weighted by Crippen LogP contribution is 2.40. The van der Waals surface area contributed by atoms with Crippen LogP contribution in [0.3, 0.4) is 0 Å². The molecule has 2 unspecified atom stereocenters. The Morgan fingerprint density at radius 1 is 1.29 bits per heavy atom. The van der Waals surface area contributed by atoms with Gasteiger partial charge in [0.15, 0.2) is 0 Å². The molecule has 3 heterocycles. The molecule has 3 rings (SSSR count). The first-order chi connectivity index (χ1) is 10.1. The van der Waals surface area contributed by atoms with Crippen molar-refractivity contribution in [2.75, 3.05) is 30.8 Å². The van der Waals surface area contributed by atoms with E-state index in [4.69, 9.17) is 5.73 Å². The molecule has 0 bridgehead atoms. The predicted octanol–water partition coefficient (Wildman–Crippen LogP) is 2.32. The van der Waals surface area contributed by atoms with E-state index in [1.807, 2.05) is 18.3 Å². The number of aromatic nitrogens is 2. The van der Waals surface area contributed by atoms with Gasteiger partial charge in [-0.1, -0.05) is 6.07 Å². The quantitative estimate of drug-likeness (QED) is 0.922. The van der Waals surface area contributed by atoms with Crippen LogP contribution >= 0.6 is 11.5 Å². The van der Waals surface area contributed by atoms with Crippen LogP contribution in [-0.4, -0.2) is 46.5 Å². The Bertz CT molecular complexity index is 600. The molecule has 1 aliphatic rings. The normalized spacial score (nSPS) is 23.5. The van der Waals surface area contributed by atoms with Gasteiger partial charge in [0, 0.05) is 43.1 Å². The number of nitrogen functional groups attached to an aromatic ring is 1. The minimum absolute atomic E-state index is 0.513. The van der Waals surface area contributed by atoms with Crippen LogP contribution in [0.15, 0.2) is 24.5 Å². The van der Waals surface area contributed by atoms with E-state index >= 15 is 0 Å². The van der Waals surface area contributed by atoms with Gasteiger partial charge >= 0.3 is 0 Å². The maximum absolute atomic E-state index is 6.11. The first kappa shape index (κ1) is 14.3. The number of likely N-dealkylation sites (N-methyl/N-ethyl adjacent to an activating group) is 1. The SMILES string of the molecule is CC1CN(c2snc(N)c2-c2cccnc2)CC(C)N1C. The van der Waals surface area contributed by atoms with Gasteiger partial charge in [-0.25, -0.2) is 0 Å². The molecule has 0 saturated carbocycles. The molecule has 1 saturated heterocycles. The maximum Gasteiger partial charge on any atom is 0.147 e. The van der Waals surface area contributed by atoms with Crippen molar-refractivity contribution in [3.8, 4) is 11.1 Å². The molecule has 2 aromatic heterocycles. The Morgan fingerprint density at radius 2 is 2.00 bits per heavy atom. The smallest absolute Gasteiger partial charge is 0.147 e. The highest BCUT2D eigenvalue weighted by Gasteiger charge is 2.29. The monoisotopic (exact) mass is 303 g/mol. The highest BCUT2D eigenvalue weighted by molar-refractivity contribution is 7.11. The Labute approximate surface area is 129 Å². The number of rotatable bonds is 2. The fraction of sp³-hybridized carbons (Fsp3) is 0.467. The van der Waals surface area contributed by atoms with Crippen LogP contribution in [-0.2, 0) is 0 Å². The standard InChI is InChI=1S/C15H21N5S/c1-10-8-20(9-11(2)19(10)3)15-13(14(16)18-21-15)12-5-4-6-17-7-12/h4-7,10-11H,8-9H2,1-3H3,(H2,16,18). The zero-order valence-electron chi connectivity index (χ0n) is 12.7. The van der Waals surface area contributed by atoms with Gasteiger partial charge < -0.3 is 10.6 Å². The van der Waals surface area contributed by atoms with E-state index < -0.39 is 0 Å². The fourth-order valence-electron chi connectivity index (χ4n) is 2.86. The molecule has 2 aromatic rings. The van der Waals surface area contributed by atoms with Gasteiger partial charge in [0.25, 0.3) is 0 Å². The number of nitrogens with zero attached hydrogens (tertiary/aromatic N) is 4. The topological polar surface area (TPSA) is 58.3 Å². The summed E-state index contributed by atoms with van der Waals surface area (Å²) in [6, 6.07) is 5.00. The molecular formula is C15H21N5S. The second-order valence-electron chi connectivity index (χ2n) is 5.76. The number of pyridine rings is 1. The molecule has 0 spiro atoms. The highest BCUT2D eigenvalue weighted by atomic mass is 32.1. The zero-order chi connectivity index (χ0) is 15.0. The Balaban J connectivity index is 1.97. The van der Waals surface area contributed by atoms with Crippen molar-refractivity contribution >= 4 is 22.4 Å². The van der Waals surface area contributed by atoms with Crippen molar-refractivity contribution in [2.24, 2.45) is 0 Å². The molecule has 1 fully saturated rings. The molecule has 2 atom stereocenters. The van der Waals surface area contributed by atoms with Gasteiger partial charge in [-0.05, 0) is 38.5 Å². The predicted molar refractivity (Wildman–Crippen MR) is 88.7 cm³/mol. The second-order valence-corrected chi connectivity index (χ2v) is 6.51. The average Bonchev–Trinajstić information content (AvgIpc) is 2.87. The first-order valence-electron chi connectivity index (χ1n) is 7.20. The zero-order valence-corrected chi connectivity index (χ0v) is 13.5. The van der Waals surface area contributed by atoms with E-state index in [-0.39, 0.29) is 0 Å². The van der Waals surface area contributed by atoms with Gasteiger partial charge in [-0.15, -0.1) is 0 Å². The largest absolute Gasteiger partial charge is 0.382 e. The summed E-state index contributed by atoms with van der Waals surface area (Å²) in [5, 5.41) is 1.16. The molecule has 0 radical (unpaired) electrons. The van der Waals surface area contributed by atoms with E-state index in [1.54, 1.807) is 6.20 Å². The fourth-order valence-corrected chi connectivity index (χ4v) is 3.72. The number of hydrogen-bond acceptors (Lipinski definition) is 6. The summed E-state index contributed by atoms with van der Waals surface area (Å²) >= 11 is 1.49. The third-order valence-corrected chi connectivity index (χ3v) is 5.22. The summed E-state index contributed by atoms with van der Waals surface area (Å²) in [4.78, 5) is 9.03. The molecule has 0 aliphatic carbocycles. The van der Waals surface area contributed by atoms with Crippen molar-refractivity contribution in [3.05, 3.63) is 24.5 Å². The summed E-state index contributed by atoms with van der Waals surface area (Å²) in [5.74, 6) is 0.599. The van der Waals surface area contributed by atoms with Crippen LogP contribution in [0.5, 0.6) is 0 Å². The van der Waals surface area contributed by atoms with E-state index in [2.05, 4.69) is 40.1 Å². The molecule has 0 aromatic carbocycles. The van der Waals surface area contributed by atoms with Gasteiger partial charge in [0.1, 0.15) is 10.8 Å². The molecule has 21 heavy (non-hydrogen) atoms. The van der Waals surface area contributed by atoms with Crippen molar-refractivity contribution in [1.29, 1.82) is 0 Å². The average molecular weight is 303 g/mol. The molecular weight excluding hydrogens is 282 g/mol. The van der Waals surface area contributed by atoms with E-state index in [0.29, 0.717) is 17.9 Å². The lowest BCUT2D eigenvalue weighted by Gasteiger charge is -2.43. The van der Waals surface area contributed by atoms with Crippen molar-refractivity contribution in [1.82, 2.24) is 14.3 Å². The van der Waals surface area contributed by atoms with Gasteiger partial charge in [-0.2, -0.15) is 4.37 Å². The van der Waals surface area contributed by atoms with Crippen molar-refractivity contribution in [3.63, 3.8) is 0 Å². The summed E-state index contributed by atoms with van der Waals surface area (Å²) in [6.45, 7) is 6.51. The van der Waals surface area contributed by atoms with E-state index in [1.165, 1.54) is 11.5 Å². The number of piperazine rings is 1. The van der Waals surface area contributed by atoms with Crippen LogP contribution in [0.4, 0.5) is 10.8 Å². The molecule has 5 nitrogen and oxygen atoms in total. The summed E-state index contributed by atoms with van der Waals surface area (Å²) in [6.07, 6.45) is 3.63. The minimum Gasteiger partial charge on any atom is -0.382 e. The van der Waals surface area contributed by atoms with Crippen LogP contribution < -0.4 is 10.6 Å². The molecule has 112 valence electrons. The molecule has 0 amide bonds. The van der Waals surface area contributed by atoms with Crippen LogP contribution in [0, 0.1) is 0 Å². The van der Waals surface area contributed by atoms with E-state index in [0.717, 1.165) is 29.2 Å². The summed E-state index contributed by atoms with van der Waals surface area (Å²) < 4.78 is 4.37. The second kappa shape index (κ2) is 5.61. The third-order valence-electron chi connectivity index (χ3n) is 4.30. The Hall–Kier alpha value is -1.66. The number of anilines is 2. The number of hydrogen-bond donors (Lipinski definition) is 1. The maximum atomic E-state index is 6.11. The first-order valence-corrected chi connectivity index (χ1v) is 7.97.